The third-order valence-electron chi connectivity index (χ3n) is 2.18. The van der Waals surface area contributed by atoms with Crippen molar-refractivity contribution in [2.45, 2.75) is 5.97 Å². The van der Waals surface area contributed by atoms with E-state index in [-0.39, 0.29) is 11.3 Å². The van der Waals surface area contributed by atoms with Crippen LogP contribution < -0.4 is 0 Å². The van der Waals surface area contributed by atoms with Crippen LogP contribution in [0.15, 0.2) is 24.3 Å². The Balaban J connectivity index is 3.37. The molecule has 0 spiro atoms. The van der Waals surface area contributed by atoms with Gasteiger partial charge in [0.1, 0.15) is 5.56 Å². The van der Waals surface area contributed by atoms with Crippen molar-refractivity contribution in [2.24, 2.45) is 0 Å². The summed E-state index contributed by atoms with van der Waals surface area (Å²) in [5.74, 6) is -2.05. The van der Waals surface area contributed by atoms with Gasteiger partial charge in [-0.3, -0.25) is 10.1 Å². The van der Waals surface area contributed by atoms with Crippen molar-refractivity contribution in [1.82, 2.24) is 0 Å². The minimum atomic E-state index is -2.05. The van der Waals surface area contributed by atoms with Crippen LogP contribution in [0, 0.1) is 10.1 Å². The number of carbonyl (C=O) groups excluding carboxylic acids is 1. The molecule has 0 aliphatic rings. The lowest BCUT2D eigenvalue weighted by atomic mass is 10.1. The number of nitrogens with zero attached hydrogens (tertiary/aromatic N) is 1. The lowest BCUT2D eigenvalue weighted by molar-refractivity contribution is -0.397. The molecule has 0 unspecified atom stereocenters. The summed E-state index contributed by atoms with van der Waals surface area (Å²) >= 11 is 5.11. The van der Waals surface area contributed by atoms with Crippen molar-refractivity contribution in [2.75, 3.05) is 14.2 Å². The average molecular weight is 276 g/mol. The molecular weight excluding hydrogens is 266 g/mol. The van der Waals surface area contributed by atoms with Gasteiger partial charge in [-0.2, -0.15) is 0 Å². The van der Waals surface area contributed by atoms with Crippen LogP contribution >= 0.6 is 11.6 Å². The molecule has 98 valence electrons. The van der Waals surface area contributed by atoms with E-state index in [4.69, 9.17) is 25.8 Å². The van der Waals surface area contributed by atoms with Crippen molar-refractivity contribution in [3.8, 4) is 0 Å². The molecule has 0 saturated heterocycles. The number of nitro groups is 1. The van der Waals surface area contributed by atoms with Crippen LogP contribution in [0.5, 0.6) is 0 Å². The minimum absolute atomic E-state index is 0.0750. The van der Waals surface area contributed by atoms with Crippen molar-refractivity contribution in [3.63, 3.8) is 0 Å². The monoisotopic (exact) mass is 275 g/mol. The van der Waals surface area contributed by atoms with Crippen LogP contribution in [-0.2, 0) is 20.2 Å². The molecule has 0 aliphatic carbocycles. The molecule has 0 fully saturated rings. The minimum Gasteiger partial charge on any atom is -0.391 e. The van der Waals surface area contributed by atoms with Crippen LogP contribution in [0.3, 0.4) is 0 Å². The van der Waals surface area contributed by atoms with E-state index in [0.29, 0.717) is 0 Å². The summed E-state index contributed by atoms with van der Waals surface area (Å²) in [4.78, 5) is 21.1. The predicted octanol–water partition coefficient (Wildman–Crippen LogP) is 2.37. The summed E-state index contributed by atoms with van der Waals surface area (Å²) in [5.41, 5.74) is -1.61. The Kier molecular flexibility index (Phi) is 4.60. The van der Waals surface area contributed by atoms with Gasteiger partial charge in [0.2, 0.25) is 0 Å². The molecule has 0 heterocycles. The van der Waals surface area contributed by atoms with Crippen LogP contribution in [0.2, 0.25) is 0 Å². The zero-order chi connectivity index (χ0) is 13.8. The normalized spacial score (nSPS) is 11.1. The second-order valence-electron chi connectivity index (χ2n) is 3.08. The second kappa shape index (κ2) is 5.76. The number of hydrogen-bond acceptors (Lipinski definition) is 6. The SMILES string of the molecule is COC(OC)(OC(=O)Cl)c1ccccc1[N+](=O)[O-]. The highest BCUT2D eigenvalue weighted by atomic mass is 35.5. The number of halogens is 1. The summed E-state index contributed by atoms with van der Waals surface area (Å²) in [6.45, 7) is 0. The van der Waals surface area contributed by atoms with E-state index in [9.17, 15) is 14.9 Å². The topological polar surface area (TPSA) is 87.9 Å². The first-order chi connectivity index (χ1) is 8.46. The zero-order valence-corrected chi connectivity index (χ0v) is 10.3. The third-order valence-corrected chi connectivity index (χ3v) is 2.26. The van der Waals surface area contributed by atoms with Gasteiger partial charge in [-0.25, -0.2) is 4.79 Å². The number of rotatable bonds is 5. The molecule has 0 atom stereocenters. The molecule has 0 N–H and O–H groups in total. The maximum Gasteiger partial charge on any atom is 0.408 e. The molecule has 8 heteroatoms. The van der Waals surface area contributed by atoms with Gasteiger partial charge in [0.05, 0.1) is 4.92 Å². The molecule has 1 aromatic rings. The highest BCUT2D eigenvalue weighted by Crippen LogP contribution is 2.34. The number of benzene rings is 1. The molecule has 0 aromatic heterocycles. The number of nitro benzene ring substituents is 1. The van der Waals surface area contributed by atoms with Crippen LogP contribution in [0.4, 0.5) is 10.5 Å². The van der Waals surface area contributed by atoms with Gasteiger partial charge in [-0.1, -0.05) is 12.1 Å². The standard InChI is InChI=1S/C10H10ClNO6/c1-16-10(17-2,18-9(11)13)7-5-3-4-6-8(7)12(14)15/h3-6H,1-2H3. The van der Waals surface area contributed by atoms with Crippen LogP contribution in [0.1, 0.15) is 5.56 Å². The molecule has 0 saturated carbocycles. The first-order valence-corrected chi connectivity index (χ1v) is 5.07. The fraction of sp³-hybridized carbons (Fsp3) is 0.300. The molecule has 0 radical (unpaired) electrons. The first kappa shape index (κ1) is 14.4. The number of methoxy groups -OCH3 is 2. The average Bonchev–Trinajstić information content (AvgIpc) is 2.35. The Hall–Kier alpha value is -1.70. The predicted molar refractivity (Wildman–Crippen MR) is 61.1 cm³/mol. The number of para-hydroxylation sites is 1. The Bertz CT molecular complexity index is 459. The van der Waals surface area contributed by atoms with Gasteiger partial charge in [-0.15, -0.1) is 0 Å². The molecule has 0 aliphatic heterocycles. The number of ether oxygens (including phenoxy) is 3. The molecule has 18 heavy (non-hydrogen) atoms. The summed E-state index contributed by atoms with van der Waals surface area (Å²) < 4.78 is 14.5. The van der Waals surface area contributed by atoms with Crippen molar-refractivity contribution < 1.29 is 23.9 Å². The van der Waals surface area contributed by atoms with Gasteiger partial charge < -0.3 is 14.2 Å². The first-order valence-electron chi connectivity index (χ1n) is 4.69. The summed E-state index contributed by atoms with van der Waals surface area (Å²) in [7, 11) is 2.33. The highest BCUT2D eigenvalue weighted by molar-refractivity contribution is 6.61. The van der Waals surface area contributed by atoms with E-state index < -0.39 is 16.3 Å². The third kappa shape index (κ3) is 2.76. The molecule has 7 nitrogen and oxygen atoms in total. The molecule has 1 rings (SSSR count). The Morgan fingerprint density at radius 2 is 1.89 bits per heavy atom. The van der Waals surface area contributed by atoms with Crippen LogP contribution in [0.25, 0.3) is 0 Å². The van der Waals surface area contributed by atoms with Crippen molar-refractivity contribution >= 4 is 22.7 Å². The quantitative estimate of drug-likeness (QED) is 0.355. The highest BCUT2D eigenvalue weighted by Gasteiger charge is 2.42. The van der Waals surface area contributed by atoms with E-state index in [0.717, 1.165) is 0 Å². The van der Waals surface area contributed by atoms with Crippen molar-refractivity contribution in [3.05, 3.63) is 39.9 Å². The second-order valence-corrected chi connectivity index (χ2v) is 3.39. The van der Waals surface area contributed by atoms with E-state index in [1.54, 1.807) is 0 Å². The van der Waals surface area contributed by atoms with E-state index in [1.807, 2.05) is 0 Å². The molecule has 0 bridgehead atoms. The van der Waals surface area contributed by atoms with Gasteiger partial charge in [-0.05, 0) is 6.07 Å². The van der Waals surface area contributed by atoms with E-state index >= 15 is 0 Å². The Morgan fingerprint density at radius 3 is 2.33 bits per heavy atom. The smallest absolute Gasteiger partial charge is 0.391 e. The summed E-state index contributed by atoms with van der Waals surface area (Å²) in [5, 5.41) is 10.9. The van der Waals surface area contributed by atoms with Gasteiger partial charge in [0, 0.05) is 31.9 Å². The van der Waals surface area contributed by atoms with Gasteiger partial charge in [0.15, 0.2) is 0 Å². The maximum absolute atomic E-state index is 10.9. The summed E-state index contributed by atoms with van der Waals surface area (Å²) in [6, 6.07) is 5.53. The fourth-order valence-electron chi connectivity index (χ4n) is 1.44. The largest absolute Gasteiger partial charge is 0.408 e. The lowest BCUT2D eigenvalue weighted by Crippen LogP contribution is -2.35. The zero-order valence-electron chi connectivity index (χ0n) is 9.58. The Morgan fingerprint density at radius 1 is 1.33 bits per heavy atom. The molecule has 0 amide bonds. The van der Waals surface area contributed by atoms with Crippen LogP contribution in [-0.4, -0.2) is 24.6 Å². The molecule has 1 aromatic carbocycles. The summed E-state index contributed by atoms with van der Waals surface area (Å²) in [6.07, 6.45) is 0. The van der Waals surface area contributed by atoms with Crippen molar-refractivity contribution in [1.29, 1.82) is 0 Å². The number of hydrogen-bond donors (Lipinski definition) is 0. The maximum atomic E-state index is 10.9. The lowest BCUT2D eigenvalue weighted by Gasteiger charge is -2.28. The van der Waals surface area contributed by atoms with Gasteiger partial charge >= 0.3 is 11.4 Å². The van der Waals surface area contributed by atoms with E-state index in [1.165, 1.54) is 38.5 Å². The van der Waals surface area contributed by atoms with E-state index in [2.05, 4.69) is 0 Å². The Labute approximate surface area is 107 Å². The molecular formula is C10H10ClNO6. The van der Waals surface area contributed by atoms with Gasteiger partial charge in [0.25, 0.3) is 5.69 Å². The fourth-order valence-corrected chi connectivity index (χ4v) is 1.54. The number of carbonyl (C=O) groups is 1.